The van der Waals surface area contributed by atoms with Crippen LogP contribution in [0.4, 0.5) is 0 Å². The molecule has 18 heavy (non-hydrogen) atoms. The van der Waals surface area contributed by atoms with Crippen LogP contribution in [0.1, 0.15) is 18.5 Å². The molecule has 0 radical (unpaired) electrons. The minimum Gasteiger partial charge on any atom is -0.356 e. The molecule has 7 heteroatoms. The molecule has 0 bridgehead atoms. The lowest BCUT2D eigenvalue weighted by molar-refractivity contribution is -0.121. The number of hydrogen-bond acceptors (Lipinski definition) is 4. The Bertz CT molecular complexity index is 329. The molecule has 1 amide bonds. The van der Waals surface area contributed by atoms with Gasteiger partial charge in [0.1, 0.15) is 0 Å². The van der Waals surface area contributed by atoms with E-state index >= 15 is 0 Å². The number of halogens is 2. The summed E-state index contributed by atoms with van der Waals surface area (Å²) in [6.07, 6.45) is 2.61. The fraction of sp³-hybridized carbons (Fsp3) is 0.636. The second kappa shape index (κ2) is 9.55. The Morgan fingerprint density at radius 3 is 3.00 bits per heavy atom. The largest absolute Gasteiger partial charge is 0.356 e. The molecule has 0 spiro atoms. The van der Waals surface area contributed by atoms with Crippen LogP contribution in [0, 0.1) is 5.92 Å². The van der Waals surface area contributed by atoms with Gasteiger partial charge in [0, 0.05) is 24.8 Å². The van der Waals surface area contributed by atoms with E-state index in [2.05, 4.69) is 15.6 Å². The van der Waals surface area contributed by atoms with Crippen molar-refractivity contribution in [1.29, 1.82) is 0 Å². The zero-order chi connectivity index (χ0) is 11.2. The third-order valence-corrected chi connectivity index (χ3v) is 3.46. The minimum absolute atomic E-state index is 0. The van der Waals surface area contributed by atoms with Gasteiger partial charge in [-0.05, 0) is 25.4 Å². The van der Waals surface area contributed by atoms with Crippen molar-refractivity contribution < 1.29 is 4.79 Å². The first-order chi connectivity index (χ1) is 7.84. The monoisotopic (exact) mass is 311 g/mol. The van der Waals surface area contributed by atoms with Crippen molar-refractivity contribution >= 4 is 42.1 Å². The fourth-order valence-corrected chi connectivity index (χ4v) is 2.51. The highest BCUT2D eigenvalue weighted by molar-refractivity contribution is 7.07. The summed E-state index contributed by atoms with van der Waals surface area (Å²) in [5.74, 6) is 0.697. The van der Waals surface area contributed by atoms with E-state index < -0.39 is 0 Å². The molecule has 1 aromatic heterocycles. The highest BCUT2D eigenvalue weighted by Crippen LogP contribution is 2.11. The number of hydrogen-bond donors (Lipinski definition) is 2. The maximum absolute atomic E-state index is 11.6. The van der Waals surface area contributed by atoms with Crippen LogP contribution in [0.5, 0.6) is 0 Å². The van der Waals surface area contributed by atoms with Gasteiger partial charge in [-0.15, -0.1) is 36.2 Å². The maximum atomic E-state index is 11.6. The van der Waals surface area contributed by atoms with Crippen LogP contribution in [0.15, 0.2) is 10.9 Å². The van der Waals surface area contributed by atoms with Crippen LogP contribution in [0.2, 0.25) is 0 Å². The molecule has 0 aliphatic carbocycles. The molecule has 2 N–H and O–H groups in total. The average Bonchev–Trinajstić information content (AvgIpc) is 2.90. The summed E-state index contributed by atoms with van der Waals surface area (Å²) in [6, 6.07) is 0. The summed E-state index contributed by atoms with van der Waals surface area (Å²) in [6.45, 7) is 2.74. The molecule has 1 aliphatic heterocycles. The summed E-state index contributed by atoms with van der Waals surface area (Å²) in [7, 11) is 0. The van der Waals surface area contributed by atoms with Gasteiger partial charge in [0.05, 0.1) is 11.2 Å². The first-order valence-electron chi connectivity index (χ1n) is 5.69. The van der Waals surface area contributed by atoms with Crippen LogP contribution in [-0.4, -0.2) is 30.5 Å². The number of nitrogens with one attached hydrogen (secondary N) is 2. The first kappa shape index (κ1) is 17.6. The third-order valence-electron chi connectivity index (χ3n) is 2.82. The normalized spacial score (nSPS) is 17.7. The quantitative estimate of drug-likeness (QED) is 0.869. The predicted molar refractivity (Wildman–Crippen MR) is 78.9 cm³/mol. The second-order valence-corrected chi connectivity index (χ2v) is 4.86. The van der Waals surface area contributed by atoms with Crippen LogP contribution in [-0.2, 0) is 11.2 Å². The van der Waals surface area contributed by atoms with Crippen molar-refractivity contribution in [3.05, 3.63) is 16.6 Å². The van der Waals surface area contributed by atoms with Crippen molar-refractivity contribution in [2.75, 3.05) is 19.6 Å². The summed E-state index contributed by atoms with van der Waals surface area (Å²) < 4.78 is 0. The van der Waals surface area contributed by atoms with Gasteiger partial charge in [0.2, 0.25) is 5.91 Å². The smallest absolute Gasteiger partial charge is 0.220 e. The van der Waals surface area contributed by atoms with Crippen LogP contribution in [0.3, 0.4) is 0 Å². The maximum Gasteiger partial charge on any atom is 0.220 e. The molecule has 1 aliphatic rings. The SMILES string of the molecule is Cl.Cl.O=C(CC1CCNC1)NCCc1cscn1. The predicted octanol–water partition coefficient (Wildman–Crippen LogP) is 1.64. The molecule has 2 rings (SSSR count). The van der Waals surface area contributed by atoms with E-state index in [0.29, 0.717) is 18.9 Å². The molecule has 0 saturated carbocycles. The Morgan fingerprint density at radius 1 is 1.56 bits per heavy atom. The number of thiazole rings is 1. The van der Waals surface area contributed by atoms with Gasteiger partial charge in [-0.3, -0.25) is 4.79 Å². The van der Waals surface area contributed by atoms with Crippen molar-refractivity contribution in [1.82, 2.24) is 15.6 Å². The third kappa shape index (κ3) is 6.00. The van der Waals surface area contributed by atoms with Gasteiger partial charge in [0.25, 0.3) is 0 Å². The van der Waals surface area contributed by atoms with Crippen molar-refractivity contribution in [2.45, 2.75) is 19.3 Å². The summed E-state index contributed by atoms with van der Waals surface area (Å²) in [5, 5.41) is 8.23. The zero-order valence-electron chi connectivity index (χ0n) is 10.1. The molecule has 0 aromatic carbocycles. The van der Waals surface area contributed by atoms with E-state index in [9.17, 15) is 4.79 Å². The van der Waals surface area contributed by atoms with Gasteiger partial charge >= 0.3 is 0 Å². The molecule has 104 valence electrons. The lowest BCUT2D eigenvalue weighted by Gasteiger charge is -2.08. The van der Waals surface area contributed by atoms with Gasteiger partial charge in [-0.1, -0.05) is 0 Å². The van der Waals surface area contributed by atoms with Crippen molar-refractivity contribution in [3.8, 4) is 0 Å². The Balaban J connectivity index is 0.00000144. The molecule has 1 unspecified atom stereocenters. The average molecular weight is 312 g/mol. The van der Waals surface area contributed by atoms with Gasteiger partial charge in [-0.25, -0.2) is 4.98 Å². The Hall–Kier alpha value is -0.360. The van der Waals surface area contributed by atoms with E-state index in [0.717, 1.165) is 31.6 Å². The van der Waals surface area contributed by atoms with E-state index in [-0.39, 0.29) is 30.7 Å². The number of amides is 1. The number of carbonyl (C=O) groups is 1. The van der Waals surface area contributed by atoms with E-state index in [4.69, 9.17) is 0 Å². The summed E-state index contributed by atoms with van der Waals surface area (Å²) in [4.78, 5) is 15.7. The molecule has 1 saturated heterocycles. The van der Waals surface area contributed by atoms with E-state index in [1.165, 1.54) is 0 Å². The number of rotatable bonds is 5. The molecular weight excluding hydrogens is 293 g/mol. The topological polar surface area (TPSA) is 54.0 Å². The van der Waals surface area contributed by atoms with E-state index in [1.54, 1.807) is 11.3 Å². The Kier molecular flexibility index (Phi) is 9.36. The first-order valence-corrected chi connectivity index (χ1v) is 6.63. The molecule has 1 fully saturated rings. The van der Waals surface area contributed by atoms with Crippen molar-refractivity contribution in [3.63, 3.8) is 0 Å². The lowest BCUT2D eigenvalue weighted by atomic mass is 10.0. The Morgan fingerprint density at radius 2 is 2.39 bits per heavy atom. The van der Waals surface area contributed by atoms with Crippen LogP contribution >= 0.6 is 36.2 Å². The highest BCUT2D eigenvalue weighted by Gasteiger charge is 2.17. The summed E-state index contributed by atoms with van der Waals surface area (Å²) in [5.41, 5.74) is 2.88. The lowest BCUT2D eigenvalue weighted by Crippen LogP contribution is -2.28. The molecule has 4 nitrogen and oxygen atoms in total. The van der Waals surface area contributed by atoms with E-state index in [1.807, 2.05) is 10.9 Å². The standard InChI is InChI=1S/C11H17N3OS.2ClH/c15-11(5-9-1-3-12-6-9)13-4-2-10-7-16-8-14-10;;/h7-9,12H,1-6H2,(H,13,15);2*1H. The zero-order valence-corrected chi connectivity index (χ0v) is 12.5. The van der Waals surface area contributed by atoms with Gasteiger partial charge in [0.15, 0.2) is 0 Å². The molecule has 1 aromatic rings. The highest BCUT2D eigenvalue weighted by atomic mass is 35.5. The van der Waals surface area contributed by atoms with Crippen LogP contribution < -0.4 is 10.6 Å². The number of aromatic nitrogens is 1. The molecule has 2 heterocycles. The second-order valence-electron chi connectivity index (χ2n) is 4.14. The van der Waals surface area contributed by atoms with Gasteiger partial charge in [-0.2, -0.15) is 0 Å². The molecule has 1 atom stereocenters. The number of carbonyl (C=O) groups excluding carboxylic acids is 1. The van der Waals surface area contributed by atoms with Crippen LogP contribution in [0.25, 0.3) is 0 Å². The number of nitrogens with zero attached hydrogens (tertiary/aromatic N) is 1. The minimum atomic E-state index is 0. The van der Waals surface area contributed by atoms with Gasteiger partial charge < -0.3 is 10.6 Å². The molecular formula is C11H19Cl2N3OS. The summed E-state index contributed by atoms with van der Waals surface area (Å²) >= 11 is 1.59. The Labute approximate surface area is 124 Å². The van der Waals surface area contributed by atoms with Crippen molar-refractivity contribution in [2.24, 2.45) is 5.92 Å². The fourth-order valence-electron chi connectivity index (χ4n) is 1.91.